The molecule has 16 heavy (non-hydrogen) atoms. The van der Waals surface area contributed by atoms with E-state index in [1.807, 2.05) is 18.2 Å². The lowest BCUT2D eigenvalue weighted by Crippen LogP contribution is -2.33. The van der Waals surface area contributed by atoms with Gasteiger partial charge in [-0.1, -0.05) is 31.4 Å². The second kappa shape index (κ2) is 5.35. The van der Waals surface area contributed by atoms with Gasteiger partial charge in [0.25, 0.3) is 0 Å². The molecule has 88 valence electrons. The predicted molar refractivity (Wildman–Crippen MR) is 66.4 cm³/mol. The second-order valence-corrected chi connectivity index (χ2v) is 4.94. The zero-order valence-corrected chi connectivity index (χ0v) is 9.73. The average Bonchev–Trinajstić information content (AvgIpc) is 2.30. The van der Waals surface area contributed by atoms with Crippen molar-refractivity contribution in [1.29, 1.82) is 0 Å². The maximum Gasteiger partial charge on any atom is 0.115 e. The molecular weight excluding hydrogens is 198 g/mol. The monoisotopic (exact) mass is 219 g/mol. The number of phenolic OH excluding ortho intramolecular Hbond substituents is 1. The zero-order valence-electron chi connectivity index (χ0n) is 9.73. The highest BCUT2D eigenvalue weighted by Crippen LogP contribution is 2.27. The van der Waals surface area contributed by atoms with Crippen LogP contribution < -0.4 is 5.73 Å². The summed E-state index contributed by atoms with van der Waals surface area (Å²) in [6.07, 6.45) is 7.48. The number of aromatic hydroxyl groups is 1. The van der Waals surface area contributed by atoms with Gasteiger partial charge in [-0.15, -0.1) is 0 Å². The Hall–Kier alpha value is -1.02. The van der Waals surface area contributed by atoms with Gasteiger partial charge in [-0.3, -0.25) is 0 Å². The minimum Gasteiger partial charge on any atom is -0.508 e. The molecule has 1 aromatic carbocycles. The Morgan fingerprint density at radius 2 is 2.00 bits per heavy atom. The van der Waals surface area contributed by atoms with Crippen molar-refractivity contribution in [2.75, 3.05) is 0 Å². The van der Waals surface area contributed by atoms with Gasteiger partial charge in [0.1, 0.15) is 5.75 Å². The van der Waals surface area contributed by atoms with E-state index in [0.29, 0.717) is 11.7 Å². The van der Waals surface area contributed by atoms with Gasteiger partial charge in [-0.25, -0.2) is 0 Å². The van der Waals surface area contributed by atoms with Gasteiger partial charge in [0.05, 0.1) is 0 Å². The minimum atomic E-state index is 0.252. The number of rotatable bonds is 3. The fourth-order valence-electron chi connectivity index (χ4n) is 2.68. The topological polar surface area (TPSA) is 46.2 Å². The number of nitrogens with two attached hydrogens (primary N) is 1. The molecule has 0 heterocycles. The third kappa shape index (κ3) is 2.99. The molecule has 0 radical (unpaired) electrons. The molecule has 2 nitrogen and oxygen atoms in total. The third-order valence-corrected chi connectivity index (χ3v) is 3.64. The molecule has 1 aliphatic rings. The highest BCUT2D eigenvalue weighted by atomic mass is 16.3. The minimum absolute atomic E-state index is 0.252. The van der Waals surface area contributed by atoms with E-state index in [9.17, 15) is 5.11 Å². The lowest BCUT2D eigenvalue weighted by molar-refractivity contribution is 0.303. The first kappa shape index (κ1) is 11.5. The summed E-state index contributed by atoms with van der Waals surface area (Å²) in [5.74, 6) is 1.02. The van der Waals surface area contributed by atoms with Crippen molar-refractivity contribution in [2.45, 2.75) is 44.6 Å². The summed E-state index contributed by atoms with van der Waals surface area (Å²) in [7, 11) is 0. The Bertz CT molecular complexity index is 331. The van der Waals surface area contributed by atoms with Crippen LogP contribution in [0.2, 0.25) is 0 Å². The van der Waals surface area contributed by atoms with Crippen LogP contribution in [0.15, 0.2) is 24.3 Å². The van der Waals surface area contributed by atoms with Crippen LogP contribution >= 0.6 is 0 Å². The number of benzene rings is 1. The van der Waals surface area contributed by atoms with Crippen molar-refractivity contribution >= 4 is 0 Å². The summed E-state index contributed by atoms with van der Waals surface area (Å²) in [4.78, 5) is 0. The summed E-state index contributed by atoms with van der Waals surface area (Å²) < 4.78 is 0. The van der Waals surface area contributed by atoms with Crippen LogP contribution in [0.5, 0.6) is 5.75 Å². The summed E-state index contributed by atoms with van der Waals surface area (Å²) in [5.41, 5.74) is 7.40. The molecule has 1 saturated carbocycles. The Morgan fingerprint density at radius 1 is 1.25 bits per heavy atom. The zero-order chi connectivity index (χ0) is 11.4. The Labute approximate surface area is 97.5 Å². The first-order chi connectivity index (χ1) is 7.75. The van der Waals surface area contributed by atoms with Crippen LogP contribution in [0.3, 0.4) is 0 Å². The lowest BCUT2D eigenvalue weighted by Gasteiger charge is -2.27. The van der Waals surface area contributed by atoms with Crippen LogP contribution in [0, 0.1) is 5.92 Å². The van der Waals surface area contributed by atoms with Crippen molar-refractivity contribution in [3.63, 3.8) is 0 Å². The van der Waals surface area contributed by atoms with Crippen LogP contribution in [0.25, 0.3) is 0 Å². The van der Waals surface area contributed by atoms with Crippen molar-refractivity contribution in [3.05, 3.63) is 29.8 Å². The highest BCUT2D eigenvalue weighted by molar-refractivity contribution is 5.27. The third-order valence-electron chi connectivity index (χ3n) is 3.64. The van der Waals surface area contributed by atoms with Crippen molar-refractivity contribution in [2.24, 2.45) is 11.7 Å². The first-order valence-corrected chi connectivity index (χ1v) is 6.29. The fraction of sp³-hybridized carbons (Fsp3) is 0.571. The van der Waals surface area contributed by atoms with E-state index in [4.69, 9.17) is 5.73 Å². The number of hydrogen-bond donors (Lipinski definition) is 2. The standard InChI is InChI=1S/C14H21NO/c15-14(12-6-2-1-3-7-12)10-11-5-4-8-13(16)9-11/h4-5,8-9,12,14,16H,1-3,6-7,10,15H2. The molecule has 0 aromatic heterocycles. The first-order valence-electron chi connectivity index (χ1n) is 6.29. The molecule has 1 unspecified atom stereocenters. The van der Waals surface area contributed by atoms with E-state index >= 15 is 0 Å². The van der Waals surface area contributed by atoms with E-state index in [2.05, 4.69) is 0 Å². The molecule has 0 amide bonds. The SMILES string of the molecule is NC(Cc1cccc(O)c1)C1CCCCC1. The van der Waals surface area contributed by atoms with E-state index < -0.39 is 0 Å². The summed E-state index contributed by atoms with van der Waals surface area (Å²) in [6, 6.07) is 7.71. The maximum absolute atomic E-state index is 9.40. The van der Waals surface area contributed by atoms with Crippen molar-refractivity contribution in [1.82, 2.24) is 0 Å². The van der Waals surface area contributed by atoms with Gasteiger partial charge >= 0.3 is 0 Å². The molecule has 1 aromatic rings. The molecule has 1 fully saturated rings. The fourth-order valence-corrected chi connectivity index (χ4v) is 2.68. The van der Waals surface area contributed by atoms with Gasteiger partial charge in [0.15, 0.2) is 0 Å². The van der Waals surface area contributed by atoms with Crippen LogP contribution in [0.4, 0.5) is 0 Å². The van der Waals surface area contributed by atoms with Gasteiger partial charge in [-0.05, 0) is 42.9 Å². The molecule has 0 saturated heterocycles. The Morgan fingerprint density at radius 3 is 2.69 bits per heavy atom. The lowest BCUT2D eigenvalue weighted by atomic mass is 9.82. The molecule has 1 atom stereocenters. The second-order valence-electron chi connectivity index (χ2n) is 4.94. The number of phenols is 1. The van der Waals surface area contributed by atoms with Crippen LogP contribution in [-0.2, 0) is 6.42 Å². The number of hydrogen-bond acceptors (Lipinski definition) is 2. The molecule has 2 rings (SSSR count). The van der Waals surface area contributed by atoms with E-state index in [-0.39, 0.29) is 6.04 Å². The Kier molecular flexibility index (Phi) is 3.83. The van der Waals surface area contributed by atoms with Crippen molar-refractivity contribution in [3.8, 4) is 5.75 Å². The van der Waals surface area contributed by atoms with Gasteiger partial charge < -0.3 is 10.8 Å². The quantitative estimate of drug-likeness (QED) is 0.821. The largest absolute Gasteiger partial charge is 0.508 e. The van der Waals surface area contributed by atoms with Crippen LogP contribution in [-0.4, -0.2) is 11.1 Å². The van der Waals surface area contributed by atoms with Crippen molar-refractivity contribution < 1.29 is 5.11 Å². The maximum atomic E-state index is 9.40. The highest BCUT2D eigenvalue weighted by Gasteiger charge is 2.20. The molecule has 0 bridgehead atoms. The summed E-state index contributed by atoms with van der Waals surface area (Å²) >= 11 is 0. The van der Waals surface area contributed by atoms with Gasteiger partial charge in [0, 0.05) is 6.04 Å². The van der Waals surface area contributed by atoms with Gasteiger partial charge in [0.2, 0.25) is 0 Å². The summed E-state index contributed by atoms with van der Waals surface area (Å²) in [6.45, 7) is 0. The van der Waals surface area contributed by atoms with E-state index in [0.717, 1.165) is 12.0 Å². The van der Waals surface area contributed by atoms with E-state index in [1.165, 1.54) is 32.1 Å². The summed E-state index contributed by atoms with van der Waals surface area (Å²) in [5, 5.41) is 9.40. The normalized spacial score (nSPS) is 19.6. The molecular formula is C14H21NO. The smallest absolute Gasteiger partial charge is 0.115 e. The molecule has 0 spiro atoms. The molecule has 0 aliphatic heterocycles. The van der Waals surface area contributed by atoms with Crippen LogP contribution in [0.1, 0.15) is 37.7 Å². The molecule has 2 heteroatoms. The molecule has 3 N–H and O–H groups in total. The molecule has 1 aliphatic carbocycles. The van der Waals surface area contributed by atoms with E-state index in [1.54, 1.807) is 6.07 Å². The predicted octanol–water partition coefficient (Wildman–Crippen LogP) is 2.84. The average molecular weight is 219 g/mol. The Balaban J connectivity index is 1.93. The van der Waals surface area contributed by atoms with Gasteiger partial charge in [-0.2, -0.15) is 0 Å².